The molecule has 3 nitrogen and oxygen atoms in total. The fourth-order valence-corrected chi connectivity index (χ4v) is 1.58. The molecule has 0 saturated heterocycles. The van der Waals surface area contributed by atoms with Gasteiger partial charge in [0.15, 0.2) is 0 Å². The van der Waals surface area contributed by atoms with Crippen LogP contribution in [-0.2, 0) is 16.0 Å². The van der Waals surface area contributed by atoms with Crippen molar-refractivity contribution in [2.75, 3.05) is 6.61 Å². The summed E-state index contributed by atoms with van der Waals surface area (Å²) in [7, 11) is 0. The number of aryl methyl sites for hydroxylation is 2. The number of rotatable bonds is 4. The summed E-state index contributed by atoms with van der Waals surface area (Å²) in [5, 5.41) is 0. The average molecular weight is 220 g/mol. The van der Waals surface area contributed by atoms with Crippen molar-refractivity contribution in [2.45, 2.75) is 27.2 Å². The standard InChI is InChI=1S/C13H16O3/c1-4-16-13(15)7-11-5-10(3)12(8-14)6-9(11)2/h5-6,8H,4,7H2,1-3H3. The van der Waals surface area contributed by atoms with E-state index in [9.17, 15) is 9.59 Å². The fraction of sp³-hybridized carbons (Fsp3) is 0.385. The third kappa shape index (κ3) is 2.92. The topological polar surface area (TPSA) is 43.4 Å². The smallest absolute Gasteiger partial charge is 0.310 e. The number of carbonyl (C=O) groups is 2. The normalized spacial score (nSPS) is 9.94. The Morgan fingerprint density at radius 1 is 1.31 bits per heavy atom. The van der Waals surface area contributed by atoms with Gasteiger partial charge >= 0.3 is 5.97 Å². The van der Waals surface area contributed by atoms with Gasteiger partial charge in [-0.25, -0.2) is 0 Å². The van der Waals surface area contributed by atoms with Crippen molar-refractivity contribution in [3.63, 3.8) is 0 Å². The van der Waals surface area contributed by atoms with Crippen LogP contribution in [0.2, 0.25) is 0 Å². The summed E-state index contributed by atoms with van der Waals surface area (Å²) in [4.78, 5) is 22.1. The molecule has 0 unspecified atom stereocenters. The predicted molar refractivity (Wildman–Crippen MR) is 61.6 cm³/mol. The molecule has 1 aromatic carbocycles. The van der Waals surface area contributed by atoms with Gasteiger partial charge in [-0.2, -0.15) is 0 Å². The molecule has 86 valence electrons. The first-order valence-corrected chi connectivity index (χ1v) is 5.29. The third-order valence-corrected chi connectivity index (χ3v) is 2.49. The molecular weight excluding hydrogens is 204 g/mol. The molecule has 0 aliphatic heterocycles. The van der Waals surface area contributed by atoms with Crippen LogP contribution in [0.4, 0.5) is 0 Å². The van der Waals surface area contributed by atoms with Gasteiger partial charge in [-0.1, -0.05) is 6.07 Å². The quantitative estimate of drug-likeness (QED) is 0.577. The Morgan fingerprint density at radius 3 is 2.56 bits per heavy atom. The Hall–Kier alpha value is -1.64. The minimum absolute atomic E-state index is 0.233. The van der Waals surface area contributed by atoms with Gasteiger partial charge in [0.05, 0.1) is 13.0 Å². The molecule has 1 aromatic rings. The van der Waals surface area contributed by atoms with Crippen molar-refractivity contribution in [3.05, 3.63) is 34.4 Å². The van der Waals surface area contributed by atoms with E-state index in [2.05, 4.69) is 0 Å². The van der Waals surface area contributed by atoms with E-state index in [0.717, 1.165) is 23.0 Å². The van der Waals surface area contributed by atoms with E-state index in [1.54, 1.807) is 13.0 Å². The van der Waals surface area contributed by atoms with Crippen LogP contribution in [-0.4, -0.2) is 18.9 Å². The number of benzene rings is 1. The molecule has 0 saturated carbocycles. The van der Waals surface area contributed by atoms with Crippen LogP contribution in [0.15, 0.2) is 12.1 Å². The lowest BCUT2D eigenvalue weighted by atomic mass is 9.99. The zero-order chi connectivity index (χ0) is 12.1. The number of hydrogen-bond donors (Lipinski definition) is 0. The summed E-state index contributed by atoms with van der Waals surface area (Å²) in [5.74, 6) is -0.233. The molecule has 0 aliphatic carbocycles. The number of carbonyl (C=O) groups excluding carboxylic acids is 2. The van der Waals surface area contributed by atoms with Gasteiger partial charge in [0, 0.05) is 5.56 Å². The maximum absolute atomic E-state index is 11.3. The second kappa shape index (κ2) is 5.45. The SMILES string of the molecule is CCOC(=O)Cc1cc(C)c(C=O)cc1C. The van der Waals surface area contributed by atoms with Gasteiger partial charge in [-0.15, -0.1) is 0 Å². The first-order valence-electron chi connectivity index (χ1n) is 5.29. The van der Waals surface area contributed by atoms with Crippen LogP contribution in [0.3, 0.4) is 0 Å². The van der Waals surface area contributed by atoms with E-state index in [0.29, 0.717) is 12.2 Å². The predicted octanol–water partition coefficient (Wildman–Crippen LogP) is 2.22. The molecule has 0 aliphatic rings. The van der Waals surface area contributed by atoms with E-state index in [1.165, 1.54) is 0 Å². The lowest BCUT2D eigenvalue weighted by molar-refractivity contribution is -0.142. The zero-order valence-corrected chi connectivity index (χ0v) is 9.87. The van der Waals surface area contributed by atoms with E-state index in [-0.39, 0.29) is 12.4 Å². The molecule has 1 rings (SSSR count). The number of esters is 1. The largest absolute Gasteiger partial charge is 0.466 e. The maximum atomic E-state index is 11.3. The number of hydrogen-bond acceptors (Lipinski definition) is 3. The molecule has 0 bridgehead atoms. The van der Waals surface area contributed by atoms with Gasteiger partial charge < -0.3 is 4.74 Å². The average Bonchev–Trinajstić information content (AvgIpc) is 2.23. The number of ether oxygens (including phenoxy) is 1. The monoisotopic (exact) mass is 220 g/mol. The molecule has 3 heteroatoms. The zero-order valence-electron chi connectivity index (χ0n) is 9.87. The first kappa shape index (κ1) is 12.4. The van der Waals surface area contributed by atoms with Crippen LogP contribution in [0.5, 0.6) is 0 Å². The molecular formula is C13H16O3. The highest BCUT2D eigenvalue weighted by molar-refractivity contribution is 5.79. The Morgan fingerprint density at radius 2 is 2.00 bits per heavy atom. The van der Waals surface area contributed by atoms with E-state index >= 15 is 0 Å². The molecule has 16 heavy (non-hydrogen) atoms. The van der Waals surface area contributed by atoms with Crippen molar-refractivity contribution < 1.29 is 14.3 Å². The molecule has 0 aromatic heterocycles. The highest BCUT2D eigenvalue weighted by Crippen LogP contribution is 2.15. The van der Waals surface area contributed by atoms with Crippen LogP contribution < -0.4 is 0 Å². The molecule has 0 radical (unpaired) electrons. The summed E-state index contributed by atoms with van der Waals surface area (Å²) in [6.45, 7) is 5.92. The Balaban J connectivity index is 2.93. The first-order chi connectivity index (χ1) is 7.58. The summed E-state index contributed by atoms with van der Waals surface area (Å²) in [6, 6.07) is 3.67. The van der Waals surface area contributed by atoms with Gasteiger partial charge in [-0.05, 0) is 43.5 Å². The Labute approximate surface area is 95.4 Å². The molecule has 0 heterocycles. The van der Waals surface area contributed by atoms with Gasteiger partial charge in [0.2, 0.25) is 0 Å². The van der Waals surface area contributed by atoms with E-state index in [1.807, 2.05) is 19.9 Å². The third-order valence-electron chi connectivity index (χ3n) is 2.49. The fourth-order valence-electron chi connectivity index (χ4n) is 1.58. The van der Waals surface area contributed by atoms with Crippen LogP contribution in [0.25, 0.3) is 0 Å². The lowest BCUT2D eigenvalue weighted by Crippen LogP contribution is -2.09. The van der Waals surface area contributed by atoms with E-state index in [4.69, 9.17) is 4.74 Å². The molecule has 0 spiro atoms. The maximum Gasteiger partial charge on any atom is 0.310 e. The summed E-state index contributed by atoms with van der Waals surface area (Å²) in [6.07, 6.45) is 1.09. The van der Waals surface area contributed by atoms with E-state index < -0.39 is 0 Å². The van der Waals surface area contributed by atoms with Crippen molar-refractivity contribution in [2.24, 2.45) is 0 Å². The highest BCUT2D eigenvalue weighted by Gasteiger charge is 2.09. The second-order valence-electron chi connectivity index (χ2n) is 3.73. The Kier molecular flexibility index (Phi) is 4.23. The number of aldehydes is 1. The highest BCUT2D eigenvalue weighted by atomic mass is 16.5. The lowest BCUT2D eigenvalue weighted by Gasteiger charge is -2.08. The van der Waals surface area contributed by atoms with Crippen LogP contribution in [0, 0.1) is 13.8 Å². The molecule has 0 atom stereocenters. The summed E-state index contributed by atoms with van der Waals surface area (Å²) < 4.78 is 4.89. The second-order valence-corrected chi connectivity index (χ2v) is 3.73. The van der Waals surface area contributed by atoms with Crippen molar-refractivity contribution in [3.8, 4) is 0 Å². The molecule has 0 N–H and O–H groups in total. The summed E-state index contributed by atoms with van der Waals surface area (Å²) in [5.41, 5.74) is 3.42. The van der Waals surface area contributed by atoms with Crippen molar-refractivity contribution >= 4 is 12.3 Å². The molecule has 0 fully saturated rings. The van der Waals surface area contributed by atoms with Crippen molar-refractivity contribution in [1.29, 1.82) is 0 Å². The van der Waals surface area contributed by atoms with Gasteiger partial charge in [0.1, 0.15) is 6.29 Å². The minimum Gasteiger partial charge on any atom is -0.466 e. The van der Waals surface area contributed by atoms with Crippen molar-refractivity contribution in [1.82, 2.24) is 0 Å². The minimum atomic E-state index is -0.233. The van der Waals surface area contributed by atoms with Crippen LogP contribution >= 0.6 is 0 Å². The molecule has 0 amide bonds. The van der Waals surface area contributed by atoms with Crippen LogP contribution in [0.1, 0.15) is 34.0 Å². The summed E-state index contributed by atoms with van der Waals surface area (Å²) >= 11 is 0. The Bertz CT molecular complexity index is 408. The van der Waals surface area contributed by atoms with Gasteiger partial charge in [0.25, 0.3) is 0 Å². The van der Waals surface area contributed by atoms with Gasteiger partial charge in [-0.3, -0.25) is 9.59 Å².